The molecule has 2 N–H and O–H groups in total. The predicted molar refractivity (Wildman–Crippen MR) is 126 cm³/mol. The summed E-state index contributed by atoms with van der Waals surface area (Å²) in [7, 11) is -3.80. The second kappa shape index (κ2) is 10.1. The van der Waals surface area contributed by atoms with Crippen LogP contribution in [0.15, 0.2) is 41.4 Å². The molecule has 1 atom stereocenters. The smallest absolute Gasteiger partial charge is 0.270 e. The van der Waals surface area contributed by atoms with Gasteiger partial charge in [0, 0.05) is 38.1 Å². The summed E-state index contributed by atoms with van der Waals surface area (Å²) in [5.41, 5.74) is 2.14. The van der Waals surface area contributed by atoms with E-state index in [-0.39, 0.29) is 28.9 Å². The first kappa shape index (κ1) is 23.5. The number of hydrogen-bond acceptors (Lipinski definition) is 4. The summed E-state index contributed by atoms with van der Waals surface area (Å²) in [6, 6.07) is 9.11. The molecule has 33 heavy (non-hydrogen) atoms. The van der Waals surface area contributed by atoms with Gasteiger partial charge < -0.3 is 15.2 Å². The van der Waals surface area contributed by atoms with Gasteiger partial charge in [-0.15, -0.1) is 0 Å². The minimum atomic E-state index is -3.80. The molecule has 0 radical (unpaired) electrons. The predicted octanol–water partition coefficient (Wildman–Crippen LogP) is 3.24. The first-order chi connectivity index (χ1) is 15.9. The van der Waals surface area contributed by atoms with Crippen LogP contribution in [-0.4, -0.2) is 60.6 Å². The van der Waals surface area contributed by atoms with E-state index in [0.717, 1.165) is 36.9 Å². The standard InChI is InChI=1S/C24H32N4O4S/c1-2-18-8-6-10-20(14-18)26-23(29)19-9-7-13-28(17-19)33(31,32)21-15-22(25-16-21)24(30)27-11-4-3-5-12-27/h6,8,10,14-16,19,25H,2-5,7,9,11-13,17H2,1H3,(H,26,29)/t19-/m1/s1. The highest BCUT2D eigenvalue weighted by atomic mass is 32.2. The van der Waals surface area contributed by atoms with Crippen LogP contribution in [0.1, 0.15) is 55.1 Å². The molecule has 0 spiro atoms. The van der Waals surface area contributed by atoms with Crippen molar-refractivity contribution < 1.29 is 18.0 Å². The molecule has 0 saturated carbocycles. The SMILES string of the molecule is CCc1cccc(NC(=O)[C@@H]2CCCN(S(=O)(=O)c3c[nH]c(C(=O)N4CCCCC4)c3)C2)c1. The molecule has 3 heterocycles. The van der Waals surface area contributed by atoms with Crippen molar-refractivity contribution in [2.24, 2.45) is 5.92 Å². The minimum Gasteiger partial charge on any atom is -0.356 e. The number of hydrogen-bond donors (Lipinski definition) is 2. The summed E-state index contributed by atoms with van der Waals surface area (Å²) in [5.74, 6) is -0.758. The van der Waals surface area contributed by atoms with Crippen LogP contribution in [0.5, 0.6) is 0 Å². The molecule has 9 heteroatoms. The average Bonchev–Trinajstić information content (AvgIpc) is 3.35. The van der Waals surface area contributed by atoms with E-state index in [2.05, 4.69) is 17.2 Å². The van der Waals surface area contributed by atoms with Crippen molar-refractivity contribution in [1.82, 2.24) is 14.2 Å². The van der Waals surface area contributed by atoms with Crippen molar-refractivity contribution in [2.75, 3.05) is 31.5 Å². The van der Waals surface area contributed by atoms with Crippen LogP contribution in [0.2, 0.25) is 0 Å². The summed E-state index contributed by atoms with van der Waals surface area (Å²) < 4.78 is 27.9. The first-order valence-electron chi connectivity index (χ1n) is 11.8. The minimum absolute atomic E-state index is 0.0690. The molecule has 0 aliphatic carbocycles. The maximum absolute atomic E-state index is 13.3. The second-order valence-electron chi connectivity index (χ2n) is 8.85. The fraction of sp³-hybridized carbons (Fsp3) is 0.500. The van der Waals surface area contributed by atoms with Crippen molar-refractivity contribution in [3.63, 3.8) is 0 Å². The molecule has 1 aromatic carbocycles. The zero-order chi connectivity index (χ0) is 23.4. The van der Waals surface area contributed by atoms with Crippen LogP contribution in [0.3, 0.4) is 0 Å². The molecule has 2 aliphatic rings. The normalized spacial score (nSPS) is 19.9. The number of anilines is 1. The van der Waals surface area contributed by atoms with E-state index in [1.807, 2.05) is 24.3 Å². The van der Waals surface area contributed by atoms with E-state index in [1.54, 1.807) is 4.90 Å². The maximum Gasteiger partial charge on any atom is 0.270 e. The average molecular weight is 473 g/mol. The van der Waals surface area contributed by atoms with Gasteiger partial charge >= 0.3 is 0 Å². The Kier molecular flexibility index (Phi) is 7.19. The summed E-state index contributed by atoms with van der Waals surface area (Å²) in [4.78, 5) is 30.2. The molecule has 2 aromatic rings. The van der Waals surface area contributed by atoms with Crippen molar-refractivity contribution >= 4 is 27.5 Å². The molecule has 178 valence electrons. The number of amides is 2. The lowest BCUT2D eigenvalue weighted by Crippen LogP contribution is -2.43. The Balaban J connectivity index is 1.43. The highest BCUT2D eigenvalue weighted by Gasteiger charge is 2.34. The number of aromatic amines is 1. The molecule has 2 amide bonds. The van der Waals surface area contributed by atoms with Gasteiger partial charge in [-0.3, -0.25) is 9.59 Å². The Labute approximate surface area is 195 Å². The molecule has 0 unspecified atom stereocenters. The monoisotopic (exact) mass is 472 g/mol. The largest absolute Gasteiger partial charge is 0.356 e. The number of H-pyrrole nitrogens is 1. The van der Waals surface area contributed by atoms with Crippen LogP contribution in [0.4, 0.5) is 5.69 Å². The number of rotatable bonds is 6. The van der Waals surface area contributed by atoms with Gasteiger partial charge in [0.05, 0.1) is 5.92 Å². The molecule has 0 bridgehead atoms. The number of aromatic nitrogens is 1. The Morgan fingerprint density at radius 3 is 2.64 bits per heavy atom. The van der Waals surface area contributed by atoms with Crippen LogP contribution in [-0.2, 0) is 21.2 Å². The summed E-state index contributed by atoms with van der Waals surface area (Å²) in [6.07, 6.45) is 6.55. The lowest BCUT2D eigenvalue weighted by molar-refractivity contribution is -0.120. The molecule has 4 rings (SSSR count). The number of nitrogens with one attached hydrogen (secondary N) is 2. The van der Waals surface area contributed by atoms with E-state index in [4.69, 9.17) is 0 Å². The van der Waals surface area contributed by atoms with Crippen LogP contribution in [0, 0.1) is 5.92 Å². The Hall–Kier alpha value is -2.65. The van der Waals surface area contributed by atoms with Crippen LogP contribution >= 0.6 is 0 Å². The lowest BCUT2D eigenvalue weighted by atomic mass is 9.98. The third-order valence-electron chi connectivity index (χ3n) is 6.53. The zero-order valence-corrected chi connectivity index (χ0v) is 19.9. The van der Waals surface area contributed by atoms with Gasteiger partial charge in [0.1, 0.15) is 10.6 Å². The highest BCUT2D eigenvalue weighted by Crippen LogP contribution is 2.26. The van der Waals surface area contributed by atoms with E-state index in [9.17, 15) is 18.0 Å². The quantitative estimate of drug-likeness (QED) is 0.674. The number of benzene rings is 1. The topological polar surface area (TPSA) is 103 Å². The Bertz CT molecular complexity index is 1110. The van der Waals surface area contributed by atoms with Gasteiger partial charge in [-0.1, -0.05) is 19.1 Å². The van der Waals surface area contributed by atoms with Crippen molar-refractivity contribution in [3.8, 4) is 0 Å². The molecule has 1 aromatic heterocycles. The number of aryl methyl sites for hydroxylation is 1. The summed E-state index contributed by atoms with van der Waals surface area (Å²) in [6.45, 7) is 3.94. The fourth-order valence-corrected chi connectivity index (χ4v) is 6.07. The number of carbonyl (C=O) groups is 2. The summed E-state index contributed by atoms with van der Waals surface area (Å²) >= 11 is 0. The molecule has 2 aliphatic heterocycles. The highest BCUT2D eigenvalue weighted by molar-refractivity contribution is 7.89. The molecule has 2 fully saturated rings. The fourth-order valence-electron chi connectivity index (χ4n) is 4.55. The number of sulfonamides is 1. The van der Waals surface area contributed by atoms with E-state index in [1.165, 1.54) is 16.6 Å². The Morgan fingerprint density at radius 2 is 1.88 bits per heavy atom. The van der Waals surface area contributed by atoms with Gasteiger partial charge in [0.2, 0.25) is 15.9 Å². The van der Waals surface area contributed by atoms with Crippen molar-refractivity contribution in [2.45, 2.75) is 50.3 Å². The lowest BCUT2D eigenvalue weighted by Gasteiger charge is -2.31. The van der Waals surface area contributed by atoms with Gasteiger partial charge in [-0.05, 0) is 62.3 Å². The number of piperidine rings is 2. The number of nitrogens with zero attached hydrogens (tertiary/aromatic N) is 2. The third-order valence-corrected chi connectivity index (χ3v) is 8.37. The van der Waals surface area contributed by atoms with Gasteiger partial charge in [-0.25, -0.2) is 8.42 Å². The van der Waals surface area contributed by atoms with Crippen LogP contribution < -0.4 is 5.32 Å². The molecule has 2 saturated heterocycles. The second-order valence-corrected chi connectivity index (χ2v) is 10.8. The summed E-state index contributed by atoms with van der Waals surface area (Å²) in [5, 5.41) is 2.94. The van der Waals surface area contributed by atoms with Gasteiger partial charge in [0.15, 0.2) is 0 Å². The third kappa shape index (κ3) is 5.30. The molecule has 8 nitrogen and oxygen atoms in total. The number of carbonyl (C=O) groups excluding carboxylic acids is 2. The van der Waals surface area contributed by atoms with Crippen molar-refractivity contribution in [3.05, 3.63) is 47.8 Å². The van der Waals surface area contributed by atoms with E-state index >= 15 is 0 Å². The van der Waals surface area contributed by atoms with Crippen molar-refractivity contribution in [1.29, 1.82) is 0 Å². The molecular weight excluding hydrogens is 440 g/mol. The maximum atomic E-state index is 13.3. The van der Waals surface area contributed by atoms with Gasteiger partial charge in [0.25, 0.3) is 5.91 Å². The molecular formula is C24H32N4O4S. The first-order valence-corrected chi connectivity index (χ1v) is 13.2. The van der Waals surface area contributed by atoms with Gasteiger partial charge in [-0.2, -0.15) is 4.31 Å². The Morgan fingerprint density at radius 1 is 1.09 bits per heavy atom. The van der Waals surface area contributed by atoms with E-state index < -0.39 is 15.9 Å². The zero-order valence-electron chi connectivity index (χ0n) is 19.0. The van der Waals surface area contributed by atoms with Crippen LogP contribution in [0.25, 0.3) is 0 Å². The van der Waals surface area contributed by atoms with E-state index in [0.29, 0.717) is 32.5 Å². The number of likely N-dealkylation sites (tertiary alicyclic amines) is 1.